The number of nitrogens with zero attached hydrogens (tertiary/aromatic N) is 3. The fraction of sp³-hybridized carbons (Fsp3) is 0. The highest BCUT2D eigenvalue weighted by atomic mass is 127. The lowest BCUT2D eigenvalue weighted by Crippen LogP contribution is -2.02. The lowest BCUT2D eigenvalue weighted by Gasteiger charge is -2.09. The summed E-state index contributed by atoms with van der Waals surface area (Å²) < 4.78 is 2.83. The SMILES string of the molecule is Nc1cn2ccnc2c(Nc2ccc(Cl)cc2I)n1. The van der Waals surface area contributed by atoms with Gasteiger partial charge < -0.3 is 15.5 Å². The molecule has 7 heteroatoms. The predicted molar refractivity (Wildman–Crippen MR) is 84.9 cm³/mol. The van der Waals surface area contributed by atoms with Gasteiger partial charge >= 0.3 is 0 Å². The number of fused-ring (bicyclic) bond motifs is 1. The van der Waals surface area contributed by atoms with Crippen LogP contribution in [0.3, 0.4) is 0 Å². The van der Waals surface area contributed by atoms with Crippen LogP contribution in [0.1, 0.15) is 0 Å². The topological polar surface area (TPSA) is 68.2 Å². The van der Waals surface area contributed by atoms with Crippen LogP contribution in [0, 0.1) is 3.57 Å². The van der Waals surface area contributed by atoms with Gasteiger partial charge in [-0.25, -0.2) is 9.97 Å². The van der Waals surface area contributed by atoms with Crippen molar-refractivity contribution in [1.29, 1.82) is 0 Å². The normalized spacial score (nSPS) is 10.8. The zero-order valence-electron chi connectivity index (χ0n) is 9.64. The quantitative estimate of drug-likeness (QED) is 0.664. The maximum Gasteiger partial charge on any atom is 0.180 e. The van der Waals surface area contributed by atoms with Crippen molar-refractivity contribution in [2.45, 2.75) is 0 Å². The number of hydrogen-bond acceptors (Lipinski definition) is 4. The number of aromatic nitrogens is 3. The number of nitrogen functional groups attached to an aromatic ring is 1. The van der Waals surface area contributed by atoms with Crippen LogP contribution in [-0.2, 0) is 0 Å². The van der Waals surface area contributed by atoms with Gasteiger partial charge in [-0.3, -0.25) is 0 Å². The number of nitrogens with one attached hydrogen (secondary N) is 1. The summed E-state index contributed by atoms with van der Waals surface area (Å²) in [6, 6.07) is 5.59. The van der Waals surface area contributed by atoms with Gasteiger partial charge in [-0.15, -0.1) is 0 Å². The molecule has 0 fully saturated rings. The maximum atomic E-state index is 5.94. The fourth-order valence-electron chi connectivity index (χ4n) is 1.75. The minimum atomic E-state index is 0.428. The van der Waals surface area contributed by atoms with Crippen LogP contribution < -0.4 is 11.1 Å². The summed E-state index contributed by atoms with van der Waals surface area (Å²) >= 11 is 8.15. The first-order chi connectivity index (χ1) is 9.13. The number of imidazole rings is 1. The highest BCUT2D eigenvalue weighted by Crippen LogP contribution is 2.26. The minimum absolute atomic E-state index is 0.428. The number of rotatable bonds is 2. The zero-order valence-corrected chi connectivity index (χ0v) is 12.6. The first kappa shape index (κ1) is 12.5. The Morgan fingerprint density at radius 2 is 2.21 bits per heavy atom. The van der Waals surface area contributed by atoms with Gasteiger partial charge in [-0.2, -0.15) is 0 Å². The Labute approximate surface area is 128 Å². The van der Waals surface area contributed by atoms with Crippen LogP contribution in [0.4, 0.5) is 17.3 Å². The van der Waals surface area contributed by atoms with Crippen molar-refractivity contribution < 1.29 is 0 Å². The first-order valence-corrected chi connectivity index (χ1v) is 6.90. The van der Waals surface area contributed by atoms with Crippen molar-refractivity contribution in [2.75, 3.05) is 11.1 Å². The van der Waals surface area contributed by atoms with Crippen LogP contribution in [0.5, 0.6) is 0 Å². The molecule has 0 atom stereocenters. The second kappa shape index (κ2) is 4.86. The fourth-order valence-corrected chi connectivity index (χ4v) is 2.76. The molecule has 0 aliphatic rings. The van der Waals surface area contributed by atoms with E-state index >= 15 is 0 Å². The number of nitrogens with two attached hydrogens (primary N) is 1. The van der Waals surface area contributed by atoms with E-state index in [9.17, 15) is 0 Å². The number of benzene rings is 1. The van der Waals surface area contributed by atoms with Gasteiger partial charge in [0.25, 0.3) is 0 Å². The first-order valence-electron chi connectivity index (χ1n) is 5.45. The van der Waals surface area contributed by atoms with Crippen molar-refractivity contribution in [2.24, 2.45) is 0 Å². The lowest BCUT2D eigenvalue weighted by atomic mass is 10.3. The largest absolute Gasteiger partial charge is 0.382 e. The molecule has 2 heterocycles. The molecule has 1 aromatic carbocycles. The van der Waals surface area contributed by atoms with E-state index in [1.54, 1.807) is 12.4 Å². The van der Waals surface area contributed by atoms with Gasteiger partial charge in [0.05, 0.1) is 11.9 Å². The Morgan fingerprint density at radius 1 is 1.37 bits per heavy atom. The average Bonchev–Trinajstić information content (AvgIpc) is 2.80. The van der Waals surface area contributed by atoms with Gasteiger partial charge in [0.2, 0.25) is 0 Å². The molecule has 3 aromatic rings. The summed E-state index contributed by atoms with van der Waals surface area (Å²) in [5.74, 6) is 1.04. The maximum absolute atomic E-state index is 5.94. The van der Waals surface area contributed by atoms with Crippen molar-refractivity contribution >= 4 is 57.2 Å². The molecule has 0 spiro atoms. The molecule has 3 rings (SSSR count). The minimum Gasteiger partial charge on any atom is -0.382 e. The number of anilines is 3. The molecule has 0 aliphatic carbocycles. The van der Waals surface area contributed by atoms with E-state index in [0.717, 1.165) is 14.9 Å². The number of hydrogen-bond donors (Lipinski definition) is 2. The summed E-state index contributed by atoms with van der Waals surface area (Å²) in [5, 5.41) is 3.92. The molecule has 0 bridgehead atoms. The van der Waals surface area contributed by atoms with Gasteiger partial charge in [0, 0.05) is 21.0 Å². The standard InChI is InChI=1S/C12H9ClIN5/c13-7-1-2-9(8(14)5-7)17-11-12-16-3-4-19(12)6-10(15)18-11/h1-6H,15H2,(H,17,18). The summed E-state index contributed by atoms with van der Waals surface area (Å²) in [4.78, 5) is 8.54. The van der Waals surface area contributed by atoms with E-state index in [2.05, 4.69) is 37.9 Å². The van der Waals surface area contributed by atoms with Gasteiger partial charge in [-0.1, -0.05) is 11.6 Å². The van der Waals surface area contributed by atoms with Crippen LogP contribution in [0.25, 0.3) is 5.65 Å². The molecule has 2 aromatic heterocycles. The second-order valence-corrected chi connectivity index (χ2v) is 5.52. The van der Waals surface area contributed by atoms with E-state index in [1.165, 1.54) is 0 Å². The molecule has 5 nitrogen and oxygen atoms in total. The van der Waals surface area contributed by atoms with Crippen molar-refractivity contribution in [1.82, 2.24) is 14.4 Å². The van der Waals surface area contributed by atoms with Crippen LogP contribution >= 0.6 is 34.2 Å². The average molecular weight is 386 g/mol. The third-order valence-corrected chi connectivity index (χ3v) is 3.70. The van der Waals surface area contributed by atoms with E-state index in [-0.39, 0.29) is 0 Å². The molecular formula is C12H9ClIN5. The zero-order chi connectivity index (χ0) is 13.4. The Hall–Kier alpha value is -1.54. The van der Waals surface area contributed by atoms with E-state index < -0.39 is 0 Å². The summed E-state index contributed by atoms with van der Waals surface area (Å²) in [6.45, 7) is 0. The second-order valence-electron chi connectivity index (χ2n) is 3.92. The lowest BCUT2D eigenvalue weighted by molar-refractivity contribution is 1.14. The van der Waals surface area contributed by atoms with Gasteiger partial charge in [0.1, 0.15) is 5.82 Å². The molecule has 0 radical (unpaired) electrons. The van der Waals surface area contributed by atoms with Gasteiger partial charge in [-0.05, 0) is 40.8 Å². The third-order valence-electron chi connectivity index (χ3n) is 2.58. The molecule has 0 amide bonds. The Morgan fingerprint density at radius 3 is 3.00 bits per heavy atom. The molecule has 0 saturated heterocycles. The van der Waals surface area contributed by atoms with Crippen molar-refractivity contribution in [3.63, 3.8) is 0 Å². The van der Waals surface area contributed by atoms with Crippen LogP contribution in [0.2, 0.25) is 5.02 Å². The van der Waals surface area contributed by atoms with E-state index in [4.69, 9.17) is 17.3 Å². The highest BCUT2D eigenvalue weighted by molar-refractivity contribution is 14.1. The third kappa shape index (κ3) is 2.45. The van der Waals surface area contributed by atoms with Gasteiger partial charge in [0.15, 0.2) is 11.5 Å². The van der Waals surface area contributed by atoms with E-state index in [1.807, 2.05) is 28.8 Å². The van der Waals surface area contributed by atoms with Crippen LogP contribution in [0.15, 0.2) is 36.8 Å². The summed E-state index contributed by atoms with van der Waals surface area (Å²) in [7, 11) is 0. The summed E-state index contributed by atoms with van der Waals surface area (Å²) in [6.07, 6.45) is 5.25. The Bertz CT molecular complexity index is 755. The smallest absolute Gasteiger partial charge is 0.180 e. The highest BCUT2D eigenvalue weighted by Gasteiger charge is 2.08. The molecule has 19 heavy (non-hydrogen) atoms. The monoisotopic (exact) mass is 385 g/mol. The Kier molecular flexibility index (Phi) is 3.19. The molecule has 0 saturated carbocycles. The molecule has 0 unspecified atom stereocenters. The van der Waals surface area contributed by atoms with Crippen LogP contribution in [-0.4, -0.2) is 14.4 Å². The molecular weight excluding hydrogens is 377 g/mol. The molecule has 3 N–H and O–H groups in total. The predicted octanol–water partition coefficient (Wildman–Crippen LogP) is 3.31. The van der Waals surface area contributed by atoms with Crippen molar-refractivity contribution in [3.05, 3.63) is 45.4 Å². The summed E-state index contributed by atoms with van der Waals surface area (Å²) in [5.41, 5.74) is 7.41. The molecule has 96 valence electrons. The van der Waals surface area contributed by atoms with Crippen molar-refractivity contribution in [3.8, 4) is 0 Å². The Balaban J connectivity index is 2.07. The number of halogens is 2. The molecule has 0 aliphatic heterocycles. The van der Waals surface area contributed by atoms with E-state index in [0.29, 0.717) is 16.7 Å².